The van der Waals surface area contributed by atoms with E-state index in [1.807, 2.05) is 0 Å². The quantitative estimate of drug-likeness (QED) is 0.328. The van der Waals surface area contributed by atoms with Crippen molar-refractivity contribution < 1.29 is 29.2 Å². The highest BCUT2D eigenvalue weighted by atomic mass is 16.6. The highest BCUT2D eigenvalue weighted by Crippen LogP contribution is 2.34. The number of fused-ring (bicyclic) bond motifs is 2. The van der Waals surface area contributed by atoms with Crippen LogP contribution in [0.1, 0.15) is 42.2 Å². The molecule has 10 heteroatoms. The van der Waals surface area contributed by atoms with Gasteiger partial charge >= 0.3 is 12.0 Å². The van der Waals surface area contributed by atoms with Crippen LogP contribution < -0.4 is 10.6 Å². The fourth-order valence-electron chi connectivity index (χ4n) is 3.44. The third-order valence-corrected chi connectivity index (χ3v) is 4.90. The number of aromatic carboxylic acids is 1. The van der Waals surface area contributed by atoms with Gasteiger partial charge in [0.2, 0.25) is 0 Å². The Morgan fingerprint density at radius 1 is 0.812 bits per heavy atom. The smallest absolute Gasteiger partial charge is 0.337 e. The van der Waals surface area contributed by atoms with E-state index in [9.17, 15) is 34.4 Å². The van der Waals surface area contributed by atoms with Gasteiger partial charge in [0.1, 0.15) is 0 Å². The molecule has 0 unspecified atom stereocenters. The standard InChI is InChI=1S/C22H13N3O7/c26-19-13-3-1-2-4-14(13)20(27)17-15(19)9-10-16(21(28)29)18(17)24-22(30)23-11-5-7-12(8-6-11)25(31)32/h1-10H,(H,28,29)(H2,23,24,30). The van der Waals surface area contributed by atoms with Gasteiger partial charge in [-0.2, -0.15) is 0 Å². The highest BCUT2D eigenvalue weighted by molar-refractivity contribution is 6.31. The van der Waals surface area contributed by atoms with Gasteiger partial charge in [0, 0.05) is 34.5 Å². The van der Waals surface area contributed by atoms with E-state index in [1.165, 1.54) is 42.5 Å². The number of carboxylic acid groups (broad SMARTS) is 1. The number of rotatable bonds is 4. The van der Waals surface area contributed by atoms with E-state index in [1.54, 1.807) is 12.1 Å². The number of amides is 2. The molecule has 0 bridgehead atoms. The normalized spacial score (nSPS) is 11.9. The molecule has 158 valence electrons. The fraction of sp³-hybridized carbons (Fsp3) is 0. The number of carbonyl (C=O) groups excluding carboxylic acids is 3. The summed E-state index contributed by atoms with van der Waals surface area (Å²) in [5.41, 5.74) is -0.616. The first-order valence-electron chi connectivity index (χ1n) is 9.19. The summed E-state index contributed by atoms with van der Waals surface area (Å²) < 4.78 is 0. The molecule has 3 N–H and O–H groups in total. The van der Waals surface area contributed by atoms with Crippen LogP contribution in [-0.2, 0) is 0 Å². The van der Waals surface area contributed by atoms with Crippen LogP contribution in [0.15, 0.2) is 60.7 Å². The zero-order valence-corrected chi connectivity index (χ0v) is 16.1. The van der Waals surface area contributed by atoms with Gasteiger partial charge in [0.25, 0.3) is 5.69 Å². The summed E-state index contributed by atoms with van der Waals surface area (Å²) in [6, 6.07) is 12.6. The van der Waals surface area contributed by atoms with Gasteiger partial charge in [-0.15, -0.1) is 0 Å². The Morgan fingerprint density at radius 3 is 2.03 bits per heavy atom. The minimum absolute atomic E-state index is 0.0238. The third-order valence-electron chi connectivity index (χ3n) is 4.90. The van der Waals surface area contributed by atoms with Gasteiger partial charge in [-0.25, -0.2) is 9.59 Å². The molecule has 3 aromatic rings. The number of non-ortho nitro benzene ring substituents is 1. The SMILES string of the molecule is O=C(Nc1ccc([N+](=O)[O-])cc1)Nc1c(C(=O)O)ccc2c1C(=O)c1ccccc1C2=O. The summed E-state index contributed by atoms with van der Waals surface area (Å²) in [7, 11) is 0. The number of nitro groups is 1. The Kier molecular flexibility index (Phi) is 4.95. The van der Waals surface area contributed by atoms with Crippen LogP contribution >= 0.6 is 0 Å². The number of nitro benzene ring substituents is 1. The molecule has 32 heavy (non-hydrogen) atoms. The lowest BCUT2D eigenvalue weighted by Gasteiger charge is -2.21. The van der Waals surface area contributed by atoms with Crippen LogP contribution in [-0.4, -0.2) is 33.6 Å². The number of hydrogen-bond donors (Lipinski definition) is 3. The number of carboxylic acids is 1. The van der Waals surface area contributed by atoms with Crippen molar-refractivity contribution in [1.82, 2.24) is 0 Å². The maximum atomic E-state index is 13.1. The summed E-state index contributed by atoms with van der Waals surface area (Å²) >= 11 is 0. The van der Waals surface area contributed by atoms with Crippen LogP contribution in [0.5, 0.6) is 0 Å². The topological polar surface area (TPSA) is 156 Å². The molecule has 0 saturated carbocycles. The zero-order valence-electron chi connectivity index (χ0n) is 16.1. The van der Waals surface area contributed by atoms with Gasteiger partial charge < -0.3 is 15.7 Å². The molecule has 1 aliphatic rings. The molecule has 2 amide bonds. The second-order valence-electron chi connectivity index (χ2n) is 6.80. The summed E-state index contributed by atoms with van der Waals surface area (Å²) in [5, 5.41) is 25.1. The molecule has 3 aromatic carbocycles. The van der Waals surface area contributed by atoms with Crippen LogP contribution in [0.4, 0.5) is 21.9 Å². The largest absolute Gasteiger partial charge is 0.478 e. The van der Waals surface area contributed by atoms with Crippen LogP contribution in [0.2, 0.25) is 0 Å². The molecule has 0 fully saturated rings. The van der Waals surface area contributed by atoms with Crippen LogP contribution in [0.3, 0.4) is 0 Å². The van der Waals surface area contributed by atoms with E-state index < -0.39 is 28.5 Å². The second kappa shape index (κ2) is 7.76. The summed E-state index contributed by atoms with van der Waals surface area (Å²) in [6.45, 7) is 0. The van der Waals surface area contributed by atoms with E-state index in [-0.39, 0.29) is 44.9 Å². The van der Waals surface area contributed by atoms with E-state index in [2.05, 4.69) is 10.6 Å². The van der Waals surface area contributed by atoms with E-state index in [4.69, 9.17) is 0 Å². The monoisotopic (exact) mass is 431 g/mol. The van der Waals surface area contributed by atoms with Crippen molar-refractivity contribution in [3.05, 3.63) is 98.6 Å². The molecular weight excluding hydrogens is 418 g/mol. The lowest BCUT2D eigenvalue weighted by molar-refractivity contribution is -0.384. The number of anilines is 2. The van der Waals surface area contributed by atoms with Gasteiger partial charge in [-0.1, -0.05) is 24.3 Å². The Balaban J connectivity index is 1.72. The summed E-state index contributed by atoms with van der Waals surface area (Å²) in [4.78, 5) is 60.4. The Hall–Kier alpha value is -4.86. The van der Waals surface area contributed by atoms with E-state index in [0.717, 1.165) is 6.07 Å². The second-order valence-corrected chi connectivity index (χ2v) is 6.80. The van der Waals surface area contributed by atoms with Crippen molar-refractivity contribution in [3.8, 4) is 0 Å². The molecule has 0 saturated heterocycles. The number of urea groups is 1. The summed E-state index contributed by atoms with van der Waals surface area (Å²) in [5.74, 6) is -2.47. The van der Waals surface area contributed by atoms with Crippen molar-refractivity contribution in [2.75, 3.05) is 10.6 Å². The van der Waals surface area contributed by atoms with E-state index >= 15 is 0 Å². The average molecular weight is 431 g/mol. The minimum Gasteiger partial charge on any atom is -0.478 e. The number of nitrogens with one attached hydrogen (secondary N) is 2. The Morgan fingerprint density at radius 2 is 1.44 bits per heavy atom. The van der Waals surface area contributed by atoms with Gasteiger partial charge in [0.05, 0.1) is 21.7 Å². The molecule has 0 radical (unpaired) electrons. The molecule has 4 rings (SSSR count). The zero-order chi connectivity index (χ0) is 23.0. The minimum atomic E-state index is -1.41. The molecule has 1 aliphatic carbocycles. The van der Waals surface area contributed by atoms with Crippen LogP contribution in [0.25, 0.3) is 0 Å². The molecule has 0 atom stereocenters. The molecule has 0 aliphatic heterocycles. The predicted molar refractivity (Wildman–Crippen MR) is 112 cm³/mol. The number of carbonyl (C=O) groups is 4. The number of ketones is 2. The highest BCUT2D eigenvalue weighted by Gasteiger charge is 2.34. The molecular formula is C22H13N3O7. The molecule has 10 nitrogen and oxygen atoms in total. The third kappa shape index (κ3) is 3.45. The molecule has 0 aromatic heterocycles. The van der Waals surface area contributed by atoms with Gasteiger partial charge in [-0.05, 0) is 24.3 Å². The first-order valence-corrected chi connectivity index (χ1v) is 9.19. The number of hydrogen-bond acceptors (Lipinski definition) is 6. The van der Waals surface area contributed by atoms with Gasteiger partial charge in [0.15, 0.2) is 11.6 Å². The first kappa shape index (κ1) is 20.4. The molecule has 0 spiro atoms. The maximum Gasteiger partial charge on any atom is 0.337 e. The summed E-state index contributed by atoms with van der Waals surface area (Å²) in [6.07, 6.45) is 0. The van der Waals surface area contributed by atoms with Crippen molar-refractivity contribution in [1.29, 1.82) is 0 Å². The van der Waals surface area contributed by atoms with Crippen molar-refractivity contribution >= 4 is 40.6 Å². The average Bonchev–Trinajstić information content (AvgIpc) is 2.77. The van der Waals surface area contributed by atoms with Crippen molar-refractivity contribution in [2.24, 2.45) is 0 Å². The van der Waals surface area contributed by atoms with Crippen molar-refractivity contribution in [3.63, 3.8) is 0 Å². The number of benzene rings is 3. The lowest BCUT2D eigenvalue weighted by atomic mass is 9.82. The van der Waals surface area contributed by atoms with Crippen molar-refractivity contribution in [2.45, 2.75) is 0 Å². The molecule has 0 heterocycles. The number of nitrogens with zero attached hydrogens (tertiary/aromatic N) is 1. The van der Waals surface area contributed by atoms with Crippen LogP contribution in [0, 0.1) is 10.1 Å². The first-order chi connectivity index (χ1) is 15.3. The van der Waals surface area contributed by atoms with Gasteiger partial charge in [-0.3, -0.25) is 19.7 Å². The Bertz CT molecular complexity index is 1330. The predicted octanol–water partition coefficient (Wildman–Crippen LogP) is 3.71. The fourth-order valence-corrected chi connectivity index (χ4v) is 3.44. The van der Waals surface area contributed by atoms with E-state index in [0.29, 0.717) is 0 Å². The lowest BCUT2D eigenvalue weighted by Crippen LogP contribution is -2.27. The maximum absolute atomic E-state index is 13.1. The Labute approximate surface area is 179 Å².